The van der Waals surface area contributed by atoms with Crippen LogP contribution >= 0.6 is 0 Å². The molecule has 0 saturated carbocycles. The van der Waals surface area contributed by atoms with Crippen molar-refractivity contribution in [3.8, 4) is 0 Å². The van der Waals surface area contributed by atoms with E-state index in [-0.39, 0.29) is 6.04 Å². The van der Waals surface area contributed by atoms with Crippen molar-refractivity contribution in [2.75, 3.05) is 27.7 Å². The van der Waals surface area contributed by atoms with Crippen molar-refractivity contribution in [3.63, 3.8) is 0 Å². The Kier molecular flexibility index (Phi) is 6.19. The van der Waals surface area contributed by atoms with E-state index in [0.717, 1.165) is 12.2 Å². The first-order valence-corrected chi connectivity index (χ1v) is 8.29. The number of aromatic nitrogens is 1. The fraction of sp³-hybridized carbons (Fsp3) is 0.692. The largest absolute Gasteiger partial charge is 0.349 e. The normalized spacial score (nSPS) is 13.9. The summed E-state index contributed by atoms with van der Waals surface area (Å²) in [5.74, 6) is 0. The summed E-state index contributed by atoms with van der Waals surface area (Å²) in [6, 6.07) is 1.87. The highest BCUT2D eigenvalue weighted by Gasteiger charge is 2.19. The molecule has 0 amide bonds. The molecule has 6 nitrogen and oxygen atoms in total. The predicted molar refractivity (Wildman–Crippen MR) is 81.2 cm³/mol. The molecular formula is C13H26N4O2S. The molecule has 0 aliphatic carbocycles. The molecule has 0 aliphatic rings. The van der Waals surface area contributed by atoms with Gasteiger partial charge < -0.3 is 14.8 Å². The standard InChI is InChI=1S/C13H26N4O2S/c1-6-17-10-13(7-12(17)9-14-3)20(18,19)15-8-11(2)16(4)5/h7,10-11,14-15H,6,8-9H2,1-5H3. The van der Waals surface area contributed by atoms with Crippen LogP contribution in [0.15, 0.2) is 17.2 Å². The summed E-state index contributed by atoms with van der Waals surface area (Å²) < 4.78 is 29.2. The van der Waals surface area contributed by atoms with Crippen LogP contribution in [0.3, 0.4) is 0 Å². The molecule has 1 atom stereocenters. The second kappa shape index (κ2) is 7.21. The summed E-state index contributed by atoms with van der Waals surface area (Å²) in [5, 5.41) is 3.05. The molecule has 0 radical (unpaired) electrons. The van der Waals surface area contributed by atoms with E-state index in [1.54, 1.807) is 12.3 Å². The van der Waals surface area contributed by atoms with E-state index in [0.29, 0.717) is 18.0 Å². The zero-order valence-corrected chi connectivity index (χ0v) is 13.8. The third-order valence-corrected chi connectivity index (χ3v) is 4.81. The Balaban J connectivity index is 2.87. The number of nitrogens with zero attached hydrogens (tertiary/aromatic N) is 2. The quantitative estimate of drug-likeness (QED) is 0.732. The molecule has 20 heavy (non-hydrogen) atoms. The predicted octanol–water partition coefficient (Wildman–Crippen LogP) is 0.456. The summed E-state index contributed by atoms with van der Waals surface area (Å²) in [6.07, 6.45) is 1.69. The molecule has 1 unspecified atom stereocenters. The van der Waals surface area contributed by atoms with Crippen LogP contribution in [0.25, 0.3) is 0 Å². The van der Waals surface area contributed by atoms with Crippen molar-refractivity contribution in [3.05, 3.63) is 18.0 Å². The fourth-order valence-electron chi connectivity index (χ4n) is 1.79. The highest BCUT2D eigenvalue weighted by atomic mass is 32.2. The Morgan fingerprint density at radius 2 is 2.05 bits per heavy atom. The van der Waals surface area contributed by atoms with Crippen molar-refractivity contribution in [1.82, 2.24) is 19.5 Å². The number of nitrogens with one attached hydrogen (secondary N) is 2. The molecule has 1 heterocycles. The molecule has 2 N–H and O–H groups in total. The summed E-state index contributed by atoms with van der Waals surface area (Å²) >= 11 is 0. The van der Waals surface area contributed by atoms with E-state index in [1.807, 2.05) is 44.5 Å². The minimum atomic E-state index is -3.44. The van der Waals surface area contributed by atoms with Gasteiger partial charge in [-0.25, -0.2) is 13.1 Å². The molecule has 1 aromatic heterocycles. The minimum absolute atomic E-state index is 0.148. The van der Waals surface area contributed by atoms with Gasteiger partial charge in [-0.3, -0.25) is 0 Å². The SMILES string of the molecule is CCn1cc(S(=O)(=O)NCC(C)N(C)C)cc1CNC. The third-order valence-electron chi connectivity index (χ3n) is 3.42. The maximum Gasteiger partial charge on any atom is 0.242 e. The van der Waals surface area contributed by atoms with Crippen LogP contribution < -0.4 is 10.0 Å². The van der Waals surface area contributed by atoms with E-state index in [9.17, 15) is 8.42 Å². The van der Waals surface area contributed by atoms with Gasteiger partial charge in [0.1, 0.15) is 0 Å². The lowest BCUT2D eigenvalue weighted by Gasteiger charge is -2.19. The highest BCUT2D eigenvalue weighted by molar-refractivity contribution is 7.89. The highest BCUT2D eigenvalue weighted by Crippen LogP contribution is 2.14. The smallest absolute Gasteiger partial charge is 0.242 e. The van der Waals surface area contributed by atoms with E-state index >= 15 is 0 Å². The number of likely N-dealkylation sites (N-methyl/N-ethyl adjacent to an activating group) is 1. The van der Waals surface area contributed by atoms with Gasteiger partial charge in [-0.2, -0.15) is 0 Å². The van der Waals surface area contributed by atoms with Crippen molar-refractivity contribution in [1.29, 1.82) is 0 Å². The zero-order chi connectivity index (χ0) is 15.3. The zero-order valence-electron chi connectivity index (χ0n) is 13.0. The molecule has 0 saturated heterocycles. The van der Waals surface area contributed by atoms with Crippen LogP contribution in [0.4, 0.5) is 0 Å². The van der Waals surface area contributed by atoms with Gasteiger partial charge in [0.05, 0.1) is 4.90 Å². The number of sulfonamides is 1. The lowest BCUT2D eigenvalue weighted by molar-refractivity contribution is 0.314. The first-order valence-electron chi connectivity index (χ1n) is 6.81. The van der Waals surface area contributed by atoms with E-state index in [4.69, 9.17) is 0 Å². The van der Waals surface area contributed by atoms with E-state index in [1.165, 1.54) is 0 Å². The van der Waals surface area contributed by atoms with Gasteiger partial charge in [0.15, 0.2) is 0 Å². The van der Waals surface area contributed by atoms with Crippen LogP contribution in [0, 0.1) is 0 Å². The number of aryl methyl sites for hydroxylation is 1. The molecule has 0 fully saturated rings. The van der Waals surface area contributed by atoms with Gasteiger partial charge in [-0.05, 0) is 41.1 Å². The van der Waals surface area contributed by atoms with Crippen LogP contribution in [-0.2, 0) is 23.1 Å². The molecule has 0 aromatic carbocycles. The Bertz CT molecular complexity index is 522. The molecule has 116 valence electrons. The number of hydrogen-bond donors (Lipinski definition) is 2. The van der Waals surface area contributed by atoms with Crippen molar-refractivity contribution < 1.29 is 8.42 Å². The molecule has 1 aromatic rings. The Morgan fingerprint density at radius 3 is 2.55 bits per heavy atom. The van der Waals surface area contributed by atoms with Gasteiger partial charge in [0, 0.05) is 37.6 Å². The van der Waals surface area contributed by atoms with Crippen LogP contribution in [-0.4, -0.2) is 51.6 Å². The topological polar surface area (TPSA) is 66.4 Å². The number of rotatable bonds is 8. The Morgan fingerprint density at radius 1 is 1.40 bits per heavy atom. The molecule has 7 heteroatoms. The van der Waals surface area contributed by atoms with Gasteiger partial charge in [0.25, 0.3) is 0 Å². The fourth-order valence-corrected chi connectivity index (χ4v) is 2.98. The van der Waals surface area contributed by atoms with Crippen molar-refractivity contribution in [2.24, 2.45) is 0 Å². The van der Waals surface area contributed by atoms with Crippen LogP contribution in [0.5, 0.6) is 0 Å². The molecular weight excluding hydrogens is 276 g/mol. The molecule has 1 rings (SSSR count). The summed E-state index contributed by atoms with van der Waals surface area (Å²) in [5.41, 5.74) is 0.969. The first-order chi connectivity index (χ1) is 9.31. The monoisotopic (exact) mass is 302 g/mol. The van der Waals surface area contributed by atoms with Crippen molar-refractivity contribution >= 4 is 10.0 Å². The molecule has 0 bridgehead atoms. The lowest BCUT2D eigenvalue weighted by Crippen LogP contribution is -2.38. The van der Waals surface area contributed by atoms with Crippen LogP contribution in [0.2, 0.25) is 0 Å². The second-order valence-electron chi connectivity index (χ2n) is 5.15. The molecule has 0 spiro atoms. The Hall–Kier alpha value is -0.890. The summed E-state index contributed by atoms with van der Waals surface area (Å²) in [7, 11) is 2.26. The average Bonchev–Trinajstić information content (AvgIpc) is 2.80. The molecule has 0 aliphatic heterocycles. The third kappa shape index (κ3) is 4.31. The number of hydrogen-bond acceptors (Lipinski definition) is 4. The second-order valence-corrected chi connectivity index (χ2v) is 6.91. The summed E-state index contributed by atoms with van der Waals surface area (Å²) in [6.45, 7) is 5.77. The first kappa shape index (κ1) is 17.2. The van der Waals surface area contributed by atoms with Gasteiger partial charge in [-0.1, -0.05) is 0 Å². The van der Waals surface area contributed by atoms with E-state index in [2.05, 4.69) is 10.0 Å². The lowest BCUT2D eigenvalue weighted by atomic mass is 10.3. The van der Waals surface area contributed by atoms with Crippen LogP contribution in [0.1, 0.15) is 19.5 Å². The average molecular weight is 302 g/mol. The van der Waals surface area contributed by atoms with Gasteiger partial charge in [0.2, 0.25) is 10.0 Å². The van der Waals surface area contributed by atoms with Gasteiger partial charge >= 0.3 is 0 Å². The van der Waals surface area contributed by atoms with E-state index < -0.39 is 10.0 Å². The maximum absolute atomic E-state index is 12.3. The maximum atomic E-state index is 12.3. The Labute approximate surface area is 122 Å². The van der Waals surface area contributed by atoms with Crippen molar-refractivity contribution in [2.45, 2.75) is 37.9 Å². The van der Waals surface area contributed by atoms with Gasteiger partial charge in [-0.15, -0.1) is 0 Å². The minimum Gasteiger partial charge on any atom is -0.349 e. The summed E-state index contributed by atoms with van der Waals surface area (Å²) in [4.78, 5) is 2.31.